The van der Waals surface area contributed by atoms with Gasteiger partial charge >= 0.3 is 0 Å². The molecule has 2 rings (SSSR count). The molecule has 2 aromatic rings. The first kappa shape index (κ1) is 12.5. The first-order chi connectivity index (χ1) is 8.06. The number of anilines is 2. The van der Waals surface area contributed by atoms with Crippen molar-refractivity contribution in [3.63, 3.8) is 0 Å². The van der Waals surface area contributed by atoms with E-state index in [1.807, 2.05) is 6.07 Å². The quantitative estimate of drug-likeness (QED) is 0.833. The van der Waals surface area contributed by atoms with Crippen molar-refractivity contribution >= 4 is 43.4 Å². The number of benzene rings is 1. The van der Waals surface area contributed by atoms with Crippen LogP contribution in [0.4, 0.5) is 15.9 Å². The van der Waals surface area contributed by atoms with Crippen LogP contribution in [0.3, 0.4) is 0 Å². The Morgan fingerprint density at radius 1 is 1.24 bits per heavy atom. The molecule has 0 fully saturated rings. The number of nitrogens with zero attached hydrogens (tertiary/aromatic N) is 1. The molecule has 1 aromatic heterocycles. The fourth-order valence-corrected chi connectivity index (χ4v) is 2.45. The number of halogens is 3. The maximum absolute atomic E-state index is 13.1. The molecule has 0 amide bonds. The predicted molar refractivity (Wildman–Crippen MR) is 74.1 cm³/mol. The number of hydrogen-bond donors (Lipinski definition) is 1. The summed E-state index contributed by atoms with van der Waals surface area (Å²) in [6.45, 7) is 1.73. The van der Waals surface area contributed by atoms with Gasteiger partial charge in [0, 0.05) is 16.4 Å². The van der Waals surface area contributed by atoms with Gasteiger partial charge in [-0.05, 0) is 68.6 Å². The Kier molecular flexibility index (Phi) is 3.79. The monoisotopic (exact) mass is 358 g/mol. The standard InChI is InChI=1S/C12H9Br2FN2/c1-7-4-9(2-3-11(7)15)17-12-10(14)5-8(13)6-16-12/h2-6H,1H3,(H,16,17). The number of nitrogens with one attached hydrogen (secondary N) is 1. The summed E-state index contributed by atoms with van der Waals surface area (Å²) < 4.78 is 14.8. The lowest BCUT2D eigenvalue weighted by Gasteiger charge is -2.08. The van der Waals surface area contributed by atoms with Gasteiger partial charge in [-0.3, -0.25) is 0 Å². The minimum atomic E-state index is -0.210. The van der Waals surface area contributed by atoms with E-state index in [0.29, 0.717) is 11.4 Å². The SMILES string of the molecule is Cc1cc(Nc2ncc(Br)cc2Br)ccc1F. The van der Waals surface area contributed by atoms with Crippen LogP contribution in [0.25, 0.3) is 0 Å². The van der Waals surface area contributed by atoms with Crippen LogP contribution in [0.1, 0.15) is 5.56 Å². The van der Waals surface area contributed by atoms with E-state index in [4.69, 9.17) is 0 Å². The molecule has 1 heterocycles. The van der Waals surface area contributed by atoms with Crippen molar-refractivity contribution in [3.05, 3.63) is 50.8 Å². The number of pyridine rings is 1. The third-order valence-corrected chi connectivity index (χ3v) is 3.27. The Balaban J connectivity index is 2.28. The first-order valence-corrected chi connectivity index (χ1v) is 6.49. The van der Waals surface area contributed by atoms with Gasteiger partial charge in [-0.25, -0.2) is 9.37 Å². The number of hydrogen-bond acceptors (Lipinski definition) is 2. The molecule has 0 atom stereocenters. The average molecular weight is 360 g/mol. The normalized spacial score (nSPS) is 10.4. The van der Waals surface area contributed by atoms with Crippen LogP contribution in [-0.4, -0.2) is 4.98 Å². The Morgan fingerprint density at radius 2 is 2.00 bits per heavy atom. The summed E-state index contributed by atoms with van der Waals surface area (Å²) in [5.74, 6) is 0.484. The molecule has 0 unspecified atom stereocenters. The van der Waals surface area contributed by atoms with Crippen LogP contribution in [0.5, 0.6) is 0 Å². The summed E-state index contributed by atoms with van der Waals surface area (Å²) in [7, 11) is 0. The average Bonchev–Trinajstić information content (AvgIpc) is 2.27. The summed E-state index contributed by atoms with van der Waals surface area (Å²) in [6, 6.07) is 6.75. The Bertz CT molecular complexity index is 558. The molecular formula is C12H9Br2FN2. The zero-order valence-corrected chi connectivity index (χ0v) is 12.1. The highest BCUT2D eigenvalue weighted by Gasteiger charge is 2.04. The van der Waals surface area contributed by atoms with Crippen molar-refractivity contribution < 1.29 is 4.39 Å². The summed E-state index contributed by atoms with van der Waals surface area (Å²) in [4.78, 5) is 4.23. The third-order valence-electron chi connectivity index (χ3n) is 2.23. The van der Waals surface area contributed by atoms with Crippen molar-refractivity contribution in [3.8, 4) is 0 Å². The van der Waals surface area contributed by atoms with Crippen LogP contribution in [0.15, 0.2) is 39.4 Å². The summed E-state index contributed by atoms with van der Waals surface area (Å²) in [5, 5.41) is 3.12. The van der Waals surface area contributed by atoms with Gasteiger partial charge in [0.25, 0.3) is 0 Å². The molecule has 5 heteroatoms. The molecule has 0 saturated heterocycles. The minimum Gasteiger partial charge on any atom is -0.339 e. The van der Waals surface area contributed by atoms with Crippen LogP contribution in [0.2, 0.25) is 0 Å². The summed E-state index contributed by atoms with van der Waals surface area (Å²) in [6.07, 6.45) is 1.70. The van der Waals surface area contributed by atoms with Crippen molar-refractivity contribution in [1.82, 2.24) is 4.98 Å². The third kappa shape index (κ3) is 3.04. The van der Waals surface area contributed by atoms with Crippen LogP contribution < -0.4 is 5.32 Å². The highest BCUT2D eigenvalue weighted by Crippen LogP contribution is 2.26. The maximum atomic E-state index is 13.1. The van der Waals surface area contributed by atoms with Crippen LogP contribution in [-0.2, 0) is 0 Å². The molecule has 0 saturated carbocycles. The van der Waals surface area contributed by atoms with E-state index in [2.05, 4.69) is 42.2 Å². The van der Waals surface area contributed by atoms with Gasteiger partial charge in [-0.15, -0.1) is 0 Å². The van der Waals surface area contributed by atoms with E-state index in [1.165, 1.54) is 6.07 Å². The highest BCUT2D eigenvalue weighted by atomic mass is 79.9. The van der Waals surface area contributed by atoms with Crippen molar-refractivity contribution in [2.75, 3.05) is 5.32 Å². The fraction of sp³-hybridized carbons (Fsp3) is 0.0833. The molecule has 0 aliphatic carbocycles. The minimum absolute atomic E-state index is 0.210. The van der Waals surface area contributed by atoms with E-state index in [-0.39, 0.29) is 5.82 Å². The molecule has 2 nitrogen and oxygen atoms in total. The van der Waals surface area contributed by atoms with E-state index in [1.54, 1.807) is 25.3 Å². The fourth-order valence-electron chi connectivity index (χ4n) is 1.37. The second kappa shape index (κ2) is 5.14. The van der Waals surface area contributed by atoms with Crippen LogP contribution in [0, 0.1) is 12.7 Å². The summed E-state index contributed by atoms with van der Waals surface area (Å²) in [5.41, 5.74) is 1.41. The lowest BCUT2D eigenvalue weighted by molar-refractivity contribution is 0.619. The lowest BCUT2D eigenvalue weighted by Crippen LogP contribution is -1.95. The smallest absolute Gasteiger partial charge is 0.144 e. The molecule has 1 N–H and O–H groups in total. The number of aryl methyl sites for hydroxylation is 1. The topological polar surface area (TPSA) is 24.9 Å². The van der Waals surface area contributed by atoms with Gasteiger partial charge in [0.1, 0.15) is 11.6 Å². The van der Waals surface area contributed by atoms with E-state index < -0.39 is 0 Å². The zero-order valence-electron chi connectivity index (χ0n) is 8.97. The first-order valence-electron chi connectivity index (χ1n) is 4.90. The lowest BCUT2D eigenvalue weighted by atomic mass is 10.2. The highest BCUT2D eigenvalue weighted by molar-refractivity contribution is 9.11. The Labute approximate surface area is 116 Å². The summed E-state index contributed by atoms with van der Waals surface area (Å²) >= 11 is 6.74. The van der Waals surface area contributed by atoms with Gasteiger partial charge in [-0.1, -0.05) is 0 Å². The molecule has 0 bridgehead atoms. The molecule has 0 spiro atoms. The van der Waals surface area contributed by atoms with Crippen molar-refractivity contribution in [2.45, 2.75) is 6.92 Å². The molecular weight excluding hydrogens is 351 g/mol. The zero-order chi connectivity index (χ0) is 12.4. The van der Waals surface area contributed by atoms with E-state index in [9.17, 15) is 4.39 Å². The molecule has 0 aliphatic rings. The van der Waals surface area contributed by atoms with E-state index >= 15 is 0 Å². The molecule has 17 heavy (non-hydrogen) atoms. The van der Waals surface area contributed by atoms with Gasteiger partial charge in [0.2, 0.25) is 0 Å². The molecule has 88 valence electrons. The van der Waals surface area contributed by atoms with Gasteiger partial charge < -0.3 is 5.32 Å². The van der Waals surface area contributed by atoms with E-state index in [0.717, 1.165) is 14.6 Å². The second-order valence-electron chi connectivity index (χ2n) is 3.57. The van der Waals surface area contributed by atoms with Gasteiger partial charge in [0.15, 0.2) is 0 Å². The van der Waals surface area contributed by atoms with Gasteiger partial charge in [-0.2, -0.15) is 0 Å². The molecule has 0 aliphatic heterocycles. The number of aromatic nitrogens is 1. The largest absolute Gasteiger partial charge is 0.339 e. The van der Waals surface area contributed by atoms with Crippen molar-refractivity contribution in [2.24, 2.45) is 0 Å². The molecule has 0 radical (unpaired) electrons. The Morgan fingerprint density at radius 3 is 2.65 bits per heavy atom. The Hall–Kier alpha value is -0.940. The van der Waals surface area contributed by atoms with Gasteiger partial charge in [0.05, 0.1) is 4.47 Å². The second-order valence-corrected chi connectivity index (χ2v) is 5.34. The molecule has 1 aromatic carbocycles. The van der Waals surface area contributed by atoms with Crippen LogP contribution >= 0.6 is 31.9 Å². The number of rotatable bonds is 2. The maximum Gasteiger partial charge on any atom is 0.144 e. The predicted octanol–water partition coefficient (Wildman–Crippen LogP) is 4.80. The van der Waals surface area contributed by atoms with Crippen molar-refractivity contribution in [1.29, 1.82) is 0 Å².